The third-order valence-electron chi connectivity index (χ3n) is 9.45. The summed E-state index contributed by atoms with van der Waals surface area (Å²) in [6.07, 6.45) is 66.5. The third-order valence-corrected chi connectivity index (χ3v) is 9.45. The summed E-state index contributed by atoms with van der Waals surface area (Å²) in [5.74, 6) is -1.31. The lowest BCUT2D eigenvalue weighted by Crippen LogP contribution is -2.28. The molecule has 0 saturated carbocycles. The van der Waals surface area contributed by atoms with Crippen LogP contribution < -0.4 is 5.32 Å². The molecule has 0 aromatic rings. The summed E-state index contributed by atoms with van der Waals surface area (Å²) >= 11 is 0. The Morgan fingerprint density at radius 2 is 0.828 bits per heavy atom. The molecule has 0 radical (unpaired) electrons. The summed E-state index contributed by atoms with van der Waals surface area (Å²) in [5, 5.41) is 11.1. The van der Waals surface area contributed by atoms with E-state index in [0.717, 1.165) is 128 Å². The first-order valence-electron chi connectivity index (χ1n) is 23.0. The molecule has 0 bridgehead atoms. The van der Waals surface area contributed by atoms with Crippen LogP contribution in [0.15, 0.2) is 109 Å². The summed E-state index contributed by atoms with van der Waals surface area (Å²) in [7, 11) is 0. The molecule has 326 valence electrons. The Morgan fingerprint density at radius 3 is 1.29 bits per heavy atom. The van der Waals surface area contributed by atoms with Gasteiger partial charge in [0, 0.05) is 12.8 Å². The van der Waals surface area contributed by atoms with Gasteiger partial charge in [-0.15, -0.1) is 0 Å². The molecule has 0 fully saturated rings. The van der Waals surface area contributed by atoms with Gasteiger partial charge in [0.05, 0.1) is 0 Å². The molecule has 0 aliphatic heterocycles. The van der Waals surface area contributed by atoms with Gasteiger partial charge in [-0.05, 0) is 109 Å². The van der Waals surface area contributed by atoms with Crippen molar-refractivity contribution in [2.45, 2.75) is 193 Å². The van der Waals surface area contributed by atoms with E-state index in [0.29, 0.717) is 12.8 Å². The SMILES string of the molecule is CC/C=C\C/C=C\C/C=C\C/C=C\C/C=C\CCCCCCCCCC(=O)OC(CC/C=C\C/C=C\C/C=C\C/C=C\CC)CCCCCCCC(=O)NCC(=O)O. The lowest BCUT2D eigenvalue weighted by molar-refractivity contribution is -0.150. The third kappa shape index (κ3) is 44.8. The molecular weight excluding hydrogens is 719 g/mol. The van der Waals surface area contributed by atoms with Crippen molar-refractivity contribution >= 4 is 17.8 Å². The van der Waals surface area contributed by atoms with E-state index < -0.39 is 5.97 Å². The van der Waals surface area contributed by atoms with Gasteiger partial charge in [-0.2, -0.15) is 0 Å². The van der Waals surface area contributed by atoms with E-state index in [-0.39, 0.29) is 24.5 Å². The molecule has 0 aromatic carbocycles. The van der Waals surface area contributed by atoms with Crippen LogP contribution in [0.5, 0.6) is 0 Å². The fourth-order valence-corrected chi connectivity index (χ4v) is 6.12. The average Bonchev–Trinajstić information content (AvgIpc) is 3.21. The number of hydrogen-bond donors (Lipinski definition) is 2. The normalized spacial score (nSPS) is 13.1. The number of unbranched alkanes of at least 4 members (excludes halogenated alkanes) is 11. The minimum absolute atomic E-state index is 0.0654. The molecule has 2 N–H and O–H groups in total. The molecule has 0 aromatic heterocycles. The zero-order valence-electron chi connectivity index (χ0n) is 36.8. The number of carboxylic acid groups (broad SMARTS) is 1. The maximum Gasteiger partial charge on any atom is 0.322 e. The van der Waals surface area contributed by atoms with Crippen LogP contribution >= 0.6 is 0 Å². The second-order valence-electron chi connectivity index (χ2n) is 14.9. The van der Waals surface area contributed by atoms with Gasteiger partial charge in [-0.1, -0.05) is 175 Å². The standard InChI is InChI=1S/C52H83NO5/c1-3-5-7-9-11-13-15-17-18-19-20-21-22-23-24-25-26-28-30-32-34-39-43-47-52(57)58-49(45-41-37-35-38-42-46-50(54)53-48-51(55)56)44-40-36-33-31-29-27-16-14-12-10-8-6-4-2/h5-8,11-14,17-18,20-21,23-24,27,29,33,36,49H,3-4,9-10,15-16,19,22,25-26,28,30-32,34-35,37-48H2,1-2H3,(H,53,54)(H,55,56)/b7-5-,8-6-,13-11-,14-12-,18-17-,21-20-,24-23-,29-27-,36-33-. The number of aliphatic carboxylic acids is 1. The molecule has 0 rings (SSSR count). The molecule has 1 amide bonds. The summed E-state index contributed by atoms with van der Waals surface area (Å²) in [4.78, 5) is 35.1. The van der Waals surface area contributed by atoms with Gasteiger partial charge in [0.25, 0.3) is 0 Å². The minimum Gasteiger partial charge on any atom is -0.480 e. The highest BCUT2D eigenvalue weighted by molar-refractivity contribution is 5.80. The highest BCUT2D eigenvalue weighted by Gasteiger charge is 2.14. The highest BCUT2D eigenvalue weighted by Crippen LogP contribution is 2.17. The number of hydrogen-bond acceptors (Lipinski definition) is 4. The van der Waals surface area contributed by atoms with E-state index in [9.17, 15) is 14.4 Å². The molecule has 0 aliphatic carbocycles. The zero-order chi connectivity index (χ0) is 42.3. The van der Waals surface area contributed by atoms with Crippen molar-refractivity contribution in [3.8, 4) is 0 Å². The van der Waals surface area contributed by atoms with E-state index >= 15 is 0 Å². The Balaban J connectivity index is 4.24. The summed E-state index contributed by atoms with van der Waals surface area (Å²) < 4.78 is 6.00. The Bertz CT molecular complexity index is 1250. The van der Waals surface area contributed by atoms with Crippen LogP contribution in [0.3, 0.4) is 0 Å². The van der Waals surface area contributed by atoms with Gasteiger partial charge in [0.2, 0.25) is 5.91 Å². The number of allylic oxidation sites excluding steroid dienone is 18. The Labute approximate surface area is 355 Å². The van der Waals surface area contributed by atoms with Crippen molar-refractivity contribution < 1.29 is 24.2 Å². The van der Waals surface area contributed by atoms with Crippen molar-refractivity contribution in [1.29, 1.82) is 0 Å². The van der Waals surface area contributed by atoms with E-state index in [4.69, 9.17) is 9.84 Å². The molecule has 0 heterocycles. The van der Waals surface area contributed by atoms with Gasteiger partial charge in [-0.25, -0.2) is 0 Å². The first-order valence-corrected chi connectivity index (χ1v) is 23.0. The monoisotopic (exact) mass is 802 g/mol. The maximum absolute atomic E-state index is 12.8. The van der Waals surface area contributed by atoms with Gasteiger partial charge in [0.15, 0.2) is 0 Å². The summed E-state index contributed by atoms with van der Waals surface area (Å²) in [6.45, 7) is 3.98. The molecule has 6 nitrogen and oxygen atoms in total. The number of amides is 1. The first-order chi connectivity index (χ1) is 28.5. The largest absolute Gasteiger partial charge is 0.480 e. The minimum atomic E-state index is -1.03. The fraction of sp³-hybridized carbons (Fsp3) is 0.596. The Kier molecular flexibility index (Phi) is 42.7. The van der Waals surface area contributed by atoms with Crippen LogP contribution in [-0.4, -0.2) is 35.6 Å². The molecular formula is C52H83NO5. The van der Waals surface area contributed by atoms with E-state index in [2.05, 4.69) is 129 Å². The second-order valence-corrected chi connectivity index (χ2v) is 14.9. The molecule has 58 heavy (non-hydrogen) atoms. The number of carbonyl (C=O) groups excluding carboxylic acids is 2. The number of carboxylic acids is 1. The number of carbonyl (C=O) groups is 3. The number of esters is 1. The van der Waals surface area contributed by atoms with Crippen LogP contribution in [0.4, 0.5) is 0 Å². The molecule has 1 atom stereocenters. The maximum atomic E-state index is 12.8. The number of rotatable bonds is 40. The van der Waals surface area contributed by atoms with Crippen molar-refractivity contribution in [2.24, 2.45) is 0 Å². The number of ether oxygens (including phenoxy) is 1. The zero-order valence-corrected chi connectivity index (χ0v) is 36.8. The van der Waals surface area contributed by atoms with Crippen molar-refractivity contribution in [3.05, 3.63) is 109 Å². The van der Waals surface area contributed by atoms with Gasteiger partial charge < -0.3 is 15.2 Å². The van der Waals surface area contributed by atoms with E-state index in [1.54, 1.807) is 0 Å². The topological polar surface area (TPSA) is 92.7 Å². The van der Waals surface area contributed by atoms with Gasteiger partial charge >= 0.3 is 11.9 Å². The lowest BCUT2D eigenvalue weighted by Gasteiger charge is -2.17. The van der Waals surface area contributed by atoms with Gasteiger partial charge in [0.1, 0.15) is 12.6 Å². The van der Waals surface area contributed by atoms with Gasteiger partial charge in [-0.3, -0.25) is 14.4 Å². The van der Waals surface area contributed by atoms with Crippen LogP contribution in [0.2, 0.25) is 0 Å². The fourth-order valence-electron chi connectivity index (χ4n) is 6.12. The quantitative estimate of drug-likeness (QED) is 0.0366. The predicted molar refractivity (Wildman–Crippen MR) is 249 cm³/mol. The predicted octanol–water partition coefficient (Wildman–Crippen LogP) is 14.7. The van der Waals surface area contributed by atoms with Crippen LogP contribution in [0.1, 0.15) is 187 Å². The highest BCUT2D eigenvalue weighted by atomic mass is 16.5. The van der Waals surface area contributed by atoms with E-state index in [1.165, 1.54) is 32.1 Å². The van der Waals surface area contributed by atoms with Crippen LogP contribution in [-0.2, 0) is 19.1 Å². The average molecular weight is 802 g/mol. The molecule has 0 aliphatic rings. The van der Waals surface area contributed by atoms with E-state index in [1.807, 2.05) is 0 Å². The van der Waals surface area contributed by atoms with Crippen molar-refractivity contribution in [2.75, 3.05) is 6.54 Å². The molecule has 0 saturated heterocycles. The molecule has 6 heteroatoms. The molecule has 1 unspecified atom stereocenters. The van der Waals surface area contributed by atoms with Crippen LogP contribution in [0, 0.1) is 0 Å². The lowest BCUT2D eigenvalue weighted by atomic mass is 10.0. The van der Waals surface area contributed by atoms with Crippen molar-refractivity contribution in [3.63, 3.8) is 0 Å². The smallest absolute Gasteiger partial charge is 0.322 e. The Morgan fingerprint density at radius 1 is 0.448 bits per heavy atom. The van der Waals surface area contributed by atoms with Crippen LogP contribution in [0.25, 0.3) is 0 Å². The second kappa shape index (κ2) is 45.8. The Hall–Kier alpha value is -3.93. The molecule has 0 spiro atoms. The summed E-state index contributed by atoms with van der Waals surface area (Å²) in [6, 6.07) is 0. The first kappa shape index (κ1) is 54.1. The summed E-state index contributed by atoms with van der Waals surface area (Å²) in [5.41, 5.74) is 0. The van der Waals surface area contributed by atoms with Crippen molar-refractivity contribution in [1.82, 2.24) is 5.32 Å². The number of nitrogens with one attached hydrogen (secondary N) is 1.